The Morgan fingerprint density at radius 2 is 1.50 bits per heavy atom. The number of rotatable bonds is 3. The summed E-state index contributed by atoms with van der Waals surface area (Å²) in [4.78, 5) is 43.4. The second-order valence-electron chi connectivity index (χ2n) is 16.9. The number of hydrogen-bond donors (Lipinski definition) is 1. The molecule has 10 heteroatoms. The fourth-order valence-electron chi connectivity index (χ4n) is 8.35. The van der Waals surface area contributed by atoms with E-state index in [2.05, 4.69) is 61.3 Å². The van der Waals surface area contributed by atoms with E-state index >= 15 is 0 Å². The number of benzene rings is 3. The Balaban J connectivity index is 1.03. The zero-order chi connectivity index (χ0) is 36.7. The van der Waals surface area contributed by atoms with Crippen LogP contribution >= 0.6 is 0 Å². The summed E-state index contributed by atoms with van der Waals surface area (Å²) in [5.41, 5.74) is 7.30. The molecule has 0 radical (unpaired) electrons. The van der Waals surface area contributed by atoms with Gasteiger partial charge in [0, 0.05) is 29.8 Å². The van der Waals surface area contributed by atoms with Gasteiger partial charge in [0.15, 0.2) is 0 Å². The Bertz CT molecular complexity index is 2120. The Morgan fingerprint density at radius 3 is 2.19 bits per heavy atom. The monoisotopic (exact) mass is 703 g/mol. The number of likely N-dealkylation sites (tertiary alicyclic amines) is 2. The molecule has 4 atom stereocenters. The van der Waals surface area contributed by atoms with Crippen LogP contribution in [-0.2, 0) is 22.5 Å². The second kappa shape index (κ2) is 12.4. The summed E-state index contributed by atoms with van der Waals surface area (Å²) >= 11 is 0. The van der Waals surface area contributed by atoms with Crippen LogP contribution in [0.5, 0.6) is 5.75 Å². The molecule has 0 bridgehead atoms. The lowest BCUT2D eigenvalue weighted by molar-refractivity contribution is 0.0149. The van der Waals surface area contributed by atoms with Crippen LogP contribution in [0, 0.1) is 0 Å². The predicted octanol–water partition coefficient (Wildman–Crippen LogP) is 9.67. The zero-order valence-electron chi connectivity index (χ0n) is 31.5. The summed E-state index contributed by atoms with van der Waals surface area (Å²) in [5, 5.41) is 2.27. The SMILES string of the molecule is C[C@H]1CC[C@@H](C2=Nc3ccc4cc5c(cc4c3C2)OCc2cc(-c3cnc([C@@H]4CC[C@H](C)N4C(=O)OC(C)(C)C)[nH]3)ccc2-5)N1C(=O)OC(C)(C)C. The average Bonchev–Trinajstić information content (AvgIpc) is 3.87. The lowest BCUT2D eigenvalue weighted by Crippen LogP contribution is -2.46. The molecule has 8 rings (SSSR count). The van der Waals surface area contributed by atoms with Crippen LogP contribution in [0.15, 0.2) is 53.7 Å². The van der Waals surface area contributed by atoms with E-state index in [0.29, 0.717) is 13.0 Å². The van der Waals surface area contributed by atoms with Crippen LogP contribution in [0.4, 0.5) is 15.3 Å². The summed E-state index contributed by atoms with van der Waals surface area (Å²) in [6.07, 6.45) is 5.52. The molecule has 1 N–H and O–H groups in total. The number of imidazole rings is 1. The number of aromatic amines is 1. The van der Waals surface area contributed by atoms with Gasteiger partial charge in [-0.3, -0.25) is 14.8 Å². The third kappa shape index (κ3) is 6.20. The van der Waals surface area contributed by atoms with Crippen LogP contribution in [0.25, 0.3) is 33.2 Å². The van der Waals surface area contributed by atoms with Crippen molar-refractivity contribution >= 4 is 34.4 Å². The first-order valence-corrected chi connectivity index (χ1v) is 18.6. The van der Waals surface area contributed by atoms with Crippen LogP contribution < -0.4 is 4.74 Å². The lowest BCUT2D eigenvalue weighted by atomic mass is 9.91. The van der Waals surface area contributed by atoms with Gasteiger partial charge < -0.3 is 19.2 Å². The molecule has 52 heavy (non-hydrogen) atoms. The Kier molecular flexibility index (Phi) is 8.15. The molecule has 4 aliphatic rings. The third-order valence-electron chi connectivity index (χ3n) is 10.8. The minimum absolute atomic E-state index is 0.0705. The molecule has 0 saturated carbocycles. The van der Waals surface area contributed by atoms with Gasteiger partial charge in [-0.05, 0) is 138 Å². The number of aliphatic imine (C=N–C) groups is 1. The van der Waals surface area contributed by atoms with Crippen molar-refractivity contribution in [2.75, 3.05) is 0 Å². The van der Waals surface area contributed by atoms with Crippen LogP contribution in [0.1, 0.15) is 104 Å². The topological polar surface area (TPSA) is 109 Å². The molecule has 0 spiro atoms. The fourth-order valence-corrected chi connectivity index (χ4v) is 8.35. The van der Waals surface area contributed by atoms with Gasteiger partial charge in [-0.2, -0.15) is 0 Å². The number of fused-ring (bicyclic) bond motifs is 6. The molecular formula is C42H49N5O5. The summed E-state index contributed by atoms with van der Waals surface area (Å²) in [5.74, 6) is 1.64. The minimum Gasteiger partial charge on any atom is -0.488 e. The van der Waals surface area contributed by atoms with E-state index in [1.807, 2.05) is 57.5 Å². The van der Waals surface area contributed by atoms with Crippen molar-refractivity contribution in [2.24, 2.45) is 4.99 Å². The summed E-state index contributed by atoms with van der Waals surface area (Å²) in [7, 11) is 0. The Labute approximate surface area is 305 Å². The Morgan fingerprint density at radius 1 is 0.827 bits per heavy atom. The molecule has 2 amide bonds. The first kappa shape index (κ1) is 34.2. The van der Waals surface area contributed by atoms with Crippen LogP contribution in [0.3, 0.4) is 0 Å². The highest BCUT2D eigenvalue weighted by Gasteiger charge is 2.42. The van der Waals surface area contributed by atoms with Gasteiger partial charge in [0.1, 0.15) is 29.4 Å². The summed E-state index contributed by atoms with van der Waals surface area (Å²) in [6, 6.07) is 15.1. The van der Waals surface area contributed by atoms with Crippen molar-refractivity contribution in [3.05, 3.63) is 65.6 Å². The maximum atomic E-state index is 13.2. The largest absolute Gasteiger partial charge is 0.488 e. The number of carbonyl (C=O) groups excluding carboxylic acids is 2. The molecule has 10 nitrogen and oxygen atoms in total. The molecule has 5 heterocycles. The molecule has 2 saturated heterocycles. The van der Waals surface area contributed by atoms with E-state index in [1.165, 1.54) is 5.56 Å². The van der Waals surface area contributed by atoms with Gasteiger partial charge in [0.25, 0.3) is 0 Å². The van der Waals surface area contributed by atoms with Crippen molar-refractivity contribution in [1.29, 1.82) is 0 Å². The first-order chi connectivity index (χ1) is 24.6. The molecular weight excluding hydrogens is 654 g/mol. The molecule has 1 aromatic heterocycles. The number of amides is 2. The van der Waals surface area contributed by atoms with Crippen molar-refractivity contribution in [2.45, 2.75) is 129 Å². The van der Waals surface area contributed by atoms with Gasteiger partial charge in [0.2, 0.25) is 0 Å². The zero-order valence-corrected chi connectivity index (χ0v) is 31.5. The fraction of sp³-hybridized carbons (Fsp3) is 0.476. The standard InChI is InChI=1S/C42H49N5O5/c1-23-9-15-35(46(23)39(48)51-41(3,4)5)33-19-30-29-20-37-31(18-25(29)12-14-32(30)44-33)28-13-11-26(17-27(28)22-50-37)34-21-43-38(45-34)36-16-10-24(2)47(36)40(49)52-42(6,7)8/h11-14,17-18,20-21,23-24,35-36H,9-10,15-16,19,22H2,1-8H3,(H,43,45)/t23-,24-,35-,36-/m0/s1. The normalized spacial score (nSPS) is 22.5. The molecule has 3 aromatic carbocycles. The lowest BCUT2D eigenvalue weighted by Gasteiger charge is -2.31. The van der Waals surface area contributed by atoms with E-state index in [-0.39, 0.29) is 36.4 Å². The maximum absolute atomic E-state index is 13.2. The number of hydrogen-bond acceptors (Lipinski definition) is 7. The molecule has 4 aromatic rings. The highest BCUT2D eigenvalue weighted by molar-refractivity contribution is 6.06. The summed E-state index contributed by atoms with van der Waals surface area (Å²) in [6.45, 7) is 16.0. The summed E-state index contributed by atoms with van der Waals surface area (Å²) < 4.78 is 18.0. The average molecular weight is 704 g/mol. The van der Waals surface area contributed by atoms with Crippen molar-refractivity contribution in [1.82, 2.24) is 19.8 Å². The van der Waals surface area contributed by atoms with E-state index in [4.69, 9.17) is 24.2 Å². The molecule has 4 aliphatic heterocycles. The van der Waals surface area contributed by atoms with Crippen LogP contribution in [-0.4, -0.2) is 67.0 Å². The quantitative estimate of drug-likeness (QED) is 0.228. The Hall–Kier alpha value is -4.86. The second-order valence-corrected chi connectivity index (χ2v) is 16.9. The van der Waals surface area contributed by atoms with E-state index in [1.54, 1.807) is 0 Å². The predicted molar refractivity (Wildman–Crippen MR) is 202 cm³/mol. The van der Waals surface area contributed by atoms with E-state index in [9.17, 15) is 9.59 Å². The highest BCUT2D eigenvalue weighted by Crippen LogP contribution is 2.45. The number of H-pyrrole nitrogens is 1. The smallest absolute Gasteiger partial charge is 0.411 e. The van der Waals surface area contributed by atoms with Gasteiger partial charge in [-0.15, -0.1) is 0 Å². The van der Waals surface area contributed by atoms with Gasteiger partial charge >= 0.3 is 12.2 Å². The van der Waals surface area contributed by atoms with Crippen molar-refractivity contribution < 1.29 is 23.8 Å². The molecule has 272 valence electrons. The molecule has 2 fully saturated rings. The van der Waals surface area contributed by atoms with Crippen LogP contribution in [0.2, 0.25) is 0 Å². The maximum Gasteiger partial charge on any atom is 0.411 e. The minimum atomic E-state index is -0.562. The number of carbonyl (C=O) groups is 2. The van der Waals surface area contributed by atoms with Gasteiger partial charge in [0.05, 0.1) is 29.7 Å². The first-order valence-electron chi connectivity index (χ1n) is 18.6. The third-order valence-corrected chi connectivity index (χ3v) is 10.8. The van der Waals surface area contributed by atoms with E-state index in [0.717, 1.165) is 87.4 Å². The highest BCUT2D eigenvalue weighted by atomic mass is 16.6. The molecule has 0 aliphatic carbocycles. The van der Waals surface area contributed by atoms with Gasteiger partial charge in [-0.25, -0.2) is 14.6 Å². The number of ether oxygens (including phenoxy) is 3. The number of nitrogens with zero attached hydrogens (tertiary/aromatic N) is 4. The van der Waals surface area contributed by atoms with Gasteiger partial charge in [-0.1, -0.05) is 18.2 Å². The number of nitrogens with one attached hydrogen (secondary N) is 1. The number of aromatic nitrogens is 2. The van der Waals surface area contributed by atoms with Crippen molar-refractivity contribution in [3.8, 4) is 28.1 Å². The van der Waals surface area contributed by atoms with Crippen molar-refractivity contribution in [3.63, 3.8) is 0 Å². The molecule has 0 unspecified atom stereocenters. The van der Waals surface area contributed by atoms with E-state index < -0.39 is 11.2 Å².